The van der Waals surface area contributed by atoms with E-state index in [0.717, 1.165) is 36.5 Å². The number of unbranched alkanes of at least 4 members (excludes halogenated alkanes) is 1. The first-order valence-corrected chi connectivity index (χ1v) is 10.3. The largest absolute Gasteiger partial charge is 0.348 e. The minimum absolute atomic E-state index is 0.200. The van der Waals surface area contributed by atoms with E-state index in [4.69, 9.17) is 0 Å². The molecule has 0 bridgehead atoms. The van der Waals surface area contributed by atoms with Gasteiger partial charge in [0.15, 0.2) is 5.16 Å². The van der Waals surface area contributed by atoms with E-state index in [0.29, 0.717) is 22.8 Å². The highest BCUT2D eigenvalue weighted by Crippen LogP contribution is 2.23. The number of hydrogen-bond acceptors (Lipinski definition) is 6. The molecule has 0 spiro atoms. The van der Waals surface area contributed by atoms with E-state index in [9.17, 15) is 9.59 Å². The fourth-order valence-electron chi connectivity index (χ4n) is 3.21. The number of imide groups is 1. The molecule has 0 atom stereocenters. The summed E-state index contributed by atoms with van der Waals surface area (Å²) >= 11 is 1.49. The molecule has 0 aliphatic carbocycles. The lowest BCUT2D eigenvalue weighted by atomic mass is 10.1. The van der Waals surface area contributed by atoms with E-state index in [1.54, 1.807) is 30.5 Å². The molecule has 7 nitrogen and oxygen atoms in total. The Kier molecular flexibility index (Phi) is 5.21. The second kappa shape index (κ2) is 7.93. The quantitative estimate of drug-likeness (QED) is 0.287. The topological polar surface area (TPSA) is 91.8 Å². The Bertz CT molecular complexity index is 998. The van der Waals surface area contributed by atoms with Crippen LogP contribution in [0.3, 0.4) is 0 Å². The van der Waals surface area contributed by atoms with Gasteiger partial charge in [-0.1, -0.05) is 23.9 Å². The van der Waals surface area contributed by atoms with Gasteiger partial charge >= 0.3 is 0 Å². The number of fused-ring (bicyclic) bond motifs is 1. The van der Waals surface area contributed by atoms with Gasteiger partial charge in [-0.05, 0) is 37.3 Å². The molecule has 0 unspecified atom stereocenters. The zero-order chi connectivity index (χ0) is 19.5. The lowest BCUT2D eigenvalue weighted by molar-refractivity contribution is 0.0652. The first-order valence-electron chi connectivity index (χ1n) is 9.04. The van der Waals surface area contributed by atoms with Gasteiger partial charge in [-0.3, -0.25) is 14.5 Å². The molecule has 3 heterocycles. The zero-order valence-corrected chi connectivity index (χ0v) is 16.2. The molecular weight excluding hydrogens is 374 g/mol. The number of thioether (sulfide) groups is 1. The number of rotatable bonds is 7. The van der Waals surface area contributed by atoms with E-state index in [1.807, 2.05) is 18.5 Å². The number of H-pyrrole nitrogens is 1. The first kappa shape index (κ1) is 18.4. The molecule has 1 aliphatic rings. The Morgan fingerprint density at radius 1 is 1.00 bits per heavy atom. The summed E-state index contributed by atoms with van der Waals surface area (Å²) in [6, 6.07) is 8.80. The van der Waals surface area contributed by atoms with Crippen LogP contribution in [0.15, 0.2) is 47.9 Å². The number of aryl methyl sites for hydroxylation is 1. The molecule has 1 N–H and O–H groups in total. The van der Waals surface area contributed by atoms with Crippen LogP contribution in [0, 0.1) is 0 Å². The number of carbonyl (C=O) groups is 2. The predicted octanol–water partition coefficient (Wildman–Crippen LogP) is 3.21. The number of carbonyl (C=O) groups excluding carboxylic acids is 2. The molecule has 1 aromatic carbocycles. The molecule has 142 valence electrons. The van der Waals surface area contributed by atoms with Crippen molar-refractivity contribution in [1.29, 1.82) is 0 Å². The van der Waals surface area contributed by atoms with Gasteiger partial charge in [-0.2, -0.15) is 0 Å². The van der Waals surface area contributed by atoms with Gasteiger partial charge < -0.3 is 4.98 Å². The minimum Gasteiger partial charge on any atom is -0.348 e. The molecule has 2 aromatic heterocycles. The fourth-order valence-corrected chi connectivity index (χ4v) is 3.56. The van der Waals surface area contributed by atoms with E-state index in [2.05, 4.69) is 19.9 Å². The third-order valence-corrected chi connectivity index (χ3v) is 5.19. The summed E-state index contributed by atoms with van der Waals surface area (Å²) in [7, 11) is 0. The maximum Gasteiger partial charge on any atom is 0.261 e. The normalized spacial score (nSPS) is 13.2. The fraction of sp³-hybridized carbons (Fsp3) is 0.250. The Balaban J connectivity index is 1.31. The van der Waals surface area contributed by atoms with Crippen molar-refractivity contribution in [3.8, 4) is 11.4 Å². The van der Waals surface area contributed by atoms with Gasteiger partial charge in [-0.15, -0.1) is 0 Å². The van der Waals surface area contributed by atoms with Crippen LogP contribution < -0.4 is 0 Å². The molecule has 1 aliphatic heterocycles. The average molecular weight is 393 g/mol. The van der Waals surface area contributed by atoms with Crippen molar-refractivity contribution in [3.05, 3.63) is 59.7 Å². The molecular formula is C20H19N5O2S. The highest BCUT2D eigenvalue weighted by Gasteiger charge is 2.34. The summed E-state index contributed by atoms with van der Waals surface area (Å²) in [4.78, 5) is 42.4. The minimum atomic E-state index is -0.200. The van der Waals surface area contributed by atoms with Crippen molar-refractivity contribution >= 4 is 23.6 Å². The van der Waals surface area contributed by atoms with Gasteiger partial charge in [0.05, 0.1) is 16.8 Å². The summed E-state index contributed by atoms with van der Waals surface area (Å²) in [6.07, 6.45) is 7.79. The maximum absolute atomic E-state index is 12.4. The smallest absolute Gasteiger partial charge is 0.261 e. The standard InChI is InChI=1S/C20H19N5O2S/c1-28-20-21-10-9-15(24-20)16-12-22-17(23-16)8-4-5-11-25-18(26)13-6-2-3-7-14(13)19(25)27/h2-3,6-7,9-10,12H,4-5,8,11H2,1H3,(H,22,23). The first-order chi connectivity index (χ1) is 13.7. The van der Waals surface area contributed by atoms with E-state index in [1.165, 1.54) is 16.7 Å². The lowest BCUT2D eigenvalue weighted by Gasteiger charge is -2.13. The Morgan fingerprint density at radius 3 is 2.46 bits per heavy atom. The predicted molar refractivity (Wildman–Crippen MR) is 106 cm³/mol. The number of aromatic amines is 1. The van der Waals surface area contributed by atoms with E-state index >= 15 is 0 Å². The maximum atomic E-state index is 12.4. The van der Waals surface area contributed by atoms with Crippen molar-refractivity contribution in [2.24, 2.45) is 0 Å². The molecule has 4 rings (SSSR count). The molecule has 0 saturated carbocycles. The third-order valence-electron chi connectivity index (χ3n) is 4.63. The third kappa shape index (κ3) is 3.55. The monoisotopic (exact) mass is 393 g/mol. The van der Waals surface area contributed by atoms with Crippen molar-refractivity contribution in [1.82, 2.24) is 24.8 Å². The van der Waals surface area contributed by atoms with Crippen molar-refractivity contribution in [2.75, 3.05) is 12.8 Å². The number of hydrogen-bond donors (Lipinski definition) is 1. The SMILES string of the molecule is CSc1nccc(-c2c[nH]c(CCCCN3C(=O)c4ccccc4C3=O)n2)n1. The van der Waals surface area contributed by atoms with Gasteiger partial charge in [-0.25, -0.2) is 15.0 Å². The van der Waals surface area contributed by atoms with Crippen LogP contribution >= 0.6 is 11.8 Å². The average Bonchev–Trinajstić information content (AvgIpc) is 3.30. The van der Waals surface area contributed by atoms with E-state index in [-0.39, 0.29) is 11.8 Å². The van der Waals surface area contributed by atoms with Crippen LogP contribution in [-0.4, -0.2) is 49.5 Å². The molecule has 0 radical (unpaired) electrons. The summed E-state index contributed by atoms with van der Waals surface area (Å²) in [6.45, 7) is 0.420. The second-order valence-electron chi connectivity index (χ2n) is 6.43. The van der Waals surface area contributed by atoms with Crippen LogP contribution in [0.25, 0.3) is 11.4 Å². The number of imidazole rings is 1. The molecule has 8 heteroatoms. The van der Waals surface area contributed by atoms with Crippen molar-refractivity contribution in [2.45, 2.75) is 24.4 Å². The molecule has 2 amide bonds. The summed E-state index contributed by atoms with van der Waals surface area (Å²) < 4.78 is 0. The Morgan fingerprint density at radius 2 is 1.75 bits per heavy atom. The van der Waals surface area contributed by atoms with Gasteiger partial charge in [0.1, 0.15) is 11.5 Å². The van der Waals surface area contributed by atoms with Crippen molar-refractivity contribution < 1.29 is 9.59 Å². The van der Waals surface area contributed by atoms with Crippen LogP contribution in [0.2, 0.25) is 0 Å². The Hall–Kier alpha value is -3.00. The highest BCUT2D eigenvalue weighted by molar-refractivity contribution is 7.98. The summed E-state index contributed by atoms with van der Waals surface area (Å²) in [5.41, 5.74) is 2.57. The molecule has 0 fully saturated rings. The van der Waals surface area contributed by atoms with Crippen LogP contribution in [0.5, 0.6) is 0 Å². The Labute approximate surface area is 166 Å². The molecule has 0 saturated heterocycles. The molecule has 3 aromatic rings. The van der Waals surface area contributed by atoms with Crippen molar-refractivity contribution in [3.63, 3.8) is 0 Å². The van der Waals surface area contributed by atoms with E-state index < -0.39 is 0 Å². The van der Waals surface area contributed by atoms with Crippen LogP contribution in [-0.2, 0) is 6.42 Å². The van der Waals surface area contributed by atoms with Crippen LogP contribution in [0.4, 0.5) is 0 Å². The van der Waals surface area contributed by atoms with Gasteiger partial charge in [0.2, 0.25) is 0 Å². The number of aromatic nitrogens is 4. The number of nitrogens with zero attached hydrogens (tertiary/aromatic N) is 4. The second-order valence-corrected chi connectivity index (χ2v) is 7.20. The molecule has 28 heavy (non-hydrogen) atoms. The number of nitrogens with one attached hydrogen (secondary N) is 1. The number of amides is 2. The zero-order valence-electron chi connectivity index (χ0n) is 15.4. The summed E-state index contributed by atoms with van der Waals surface area (Å²) in [5.74, 6) is 0.463. The van der Waals surface area contributed by atoms with Gasteiger partial charge in [0.25, 0.3) is 11.8 Å². The van der Waals surface area contributed by atoms with Gasteiger partial charge in [0, 0.05) is 25.4 Å². The summed E-state index contributed by atoms with van der Waals surface area (Å²) in [5, 5.41) is 0.711. The lowest BCUT2D eigenvalue weighted by Crippen LogP contribution is -2.30. The number of benzene rings is 1. The van der Waals surface area contributed by atoms with Crippen LogP contribution in [0.1, 0.15) is 39.4 Å². The highest BCUT2D eigenvalue weighted by atomic mass is 32.2.